The van der Waals surface area contributed by atoms with Gasteiger partial charge in [-0.1, -0.05) is 42.0 Å². The van der Waals surface area contributed by atoms with Crippen molar-refractivity contribution >= 4 is 23.1 Å². The minimum atomic E-state index is -0.678. The summed E-state index contributed by atoms with van der Waals surface area (Å²) in [5.41, 5.74) is 4.55. The molecule has 1 saturated heterocycles. The normalized spacial score (nSPS) is 16.8. The summed E-state index contributed by atoms with van der Waals surface area (Å²) >= 11 is 0. The Morgan fingerprint density at radius 1 is 0.947 bits per heavy atom. The second-order valence-electron chi connectivity index (χ2n) is 10.1. The number of aliphatic hydroxyl groups is 1. The number of carbonyl (C=O) groups is 2. The van der Waals surface area contributed by atoms with Gasteiger partial charge in [-0.15, -0.1) is 0 Å². The summed E-state index contributed by atoms with van der Waals surface area (Å²) in [6.07, 6.45) is 0. The number of likely N-dealkylation sites (N-methyl/N-ethyl adjacent to an activating group) is 1. The molecule has 1 heterocycles. The van der Waals surface area contributed by atoms with Crippen LogP contribution in [-0.4, -0.2) is 67.9 Å². The minimum absolute atomic E-state index is 0.0970. The number of aliphatic hydroxyl groups excluding tert-OH is 1. The first-order valence-electron chi connectivity index (χ1n) is 12.6. The van der Waals surface area contributed by atoms with Crippen LogP contribution < -0.4 is 9.64 Å². The number of carbonyl (C=O) groups excluding carboxylic acids is 2. The van der Waals surface area contributed by atoms with Gasteiger partial charge in [0.2, 0.25) is 0 Å². The zero-order valence-corrected chi connectivity index (χ0v) is 22.6. The highest BCUT2D eigenvalue weighted by atomic mass is 16.5. The van der Waals surface area contributed by atoms with E-state index in [1.54, 1.807) is 29.2 Å². The van der Waals surface area contributed by atoms with Gasteiger partial charge in [0.15, 0.2) is 0 Å². The average molecular weight is 514 g/mol. The molecule has 1 aliphatic heterocycles. The third-order valence-electron chi connectivity index (χ3n) is 6.67. The van der Waals surface area contributed by atoms with Gasteiger partial charge in [0.25, 0.3) is 11.7 Å². The number of hydrogen-bond acceptors (Lipinski definition) is 6. The van der Waals surface area contributed by atoms with Gasteiger partial charge in [-0.2, -0.15) is 0 Å². The third-order valence-corrected chi connectivity index (χ3v) is 6.67. The van der Waals surface area contributed by atoms with Crippen LogP contribution >= 0.6 is 0 Å². The third kappa shape index (κ3) is 5.89. The van der Waals surface area contributed by atoms with Crippen LogP contribution in [0.2, 0.25) is 0 Å². The zero-order chi connectivity index (χ0) is 27.4. The molecule has 1 aliphatic rings. The van der Waals surface area contributed by atoms with Crippen LogP contribution in [0.25, 0.3) is 5.76 Å². The molecule has 7 nitrogen and oxygen atoms in total. The Morgan fingerprint density at radius 2 is 1.63 bits per heavy atom. The van der Waals surface area contributed by atoms with Crippen molar-refractivity contribution in [1.82, 2.24) is 9.80 Å². The number of ketones is 1. The van der Waals surface area contributed by atoms with Crippen molar-refractivity contribution in [3.05, 3.63) is 101 Å². The lowest BCUT2D eigenvalue weighted by molar-refractivity contribution is -0.140. The maximum atomic E-state index is 13.2. The maximum absolute atomic E-state index is 13.2. The van der Waals surface area contributed by atoms with Crippen LogP contribution in [0.1, 0.15) is 28.3 Å². The zero-order valence-electron chi connectivity index (χ0n) is 22.6. The molecule has 0 aliphatic carbocycles. The number of nitrogens with zero attached hydrogens (tertiary/aromatic N) is 3. The Bertz CT molecular complexity index is 1330. The highest BCUT2D eigenvalue weighted by molar-refractivity contribution is 6.46. The summed E-state index contributed by atoms with van der Waals surface area (Å²) in [6.45, 7) is 3.41. The highest BCUT2D eigenvalue weighted by Gasteiger charge is 2.45. The lowest BCUT2D eigenvalue weighted by Crippen LogP contribution is -2.35. The minimum Gasteiger partial charge on any atom is -0.507 e. The van der Waals surface area contributed by atoms with E-state index in [1.807, 2.05) is 87.4 Å². The van der Waals surface area contributed by atoms with E-state index in [9.17, 15) is 14.7 Å². The largest absolute Gasteiger partial charge is 0.507 e. The van der Waals surface area contributed by atoms with Crippen molar-refractivity contribution < 1.29 is 19.4 Å². The van der Waals surface area contributed by atoms with Crippen LogP contribution in [0.5, 0.6) is 5.75 Å². The number of likely N-dealkylation sites (tertiary alicyclic amines) is 1. The van der Waals surface area contributed by atoms with Gasteiger partial charge in [0, 0.05) is 38.4 Å². The summed E-state index contributed by atoms with van der Waals surface area (Å²) in [6, 6.07) is 22.1. The smallest absolute Gasteiger partial charge is 0.295 e. The molecular weight excluding hydrogens is 478 g/mol. The SMILES string of the molecule is Cc1cccc(COc2ccc(C(O)=C3C(=O)C(=O)N(CCN(C)C)[C@H]3c3ccc(N(C)C)cc3)cc2)c1. The number of hydrogen-bond donors (Lipinski definition) is 1. The molecule has 1 amide bonds. The molecule has 38 heavy (non-hydrogen) atoms. The van der Waals surface area contributed by atoms with Crippen molar-refractivity contribution in [3.63, 3.8) is 0 Å². The van der Waals surface area contributed by atoms with Crippen LogP contribution in [-0.2, 0) is 16.2 Å². The number of amides is 1. The Balaban J connectivity index is 1.65. The van der Waals surface area contributed by atoms with Crippen molar-refractivity contribution in [2.45, 2.75) is 19.6 Å². The van der Waals surface area contributed by atoms with Gasteiger partial charge < -0.3 is 24.5 Å². The second-order valence-corrected chi connectivity index (χ2v) is 10.1. The van der Waals surface area contributed by atoms with Gasteiger partial charge in [0.1, 0.15) is 18.1 Å². The first kappa shape index (κ1) is 26.9. The number of benzene rings is 3. The molecule has 7 heteroatoms. The van der Waals surface area contributed by atoms with Crippen LogP contribution in [0.15, 0.2) is 78.4 Å². The summed E-state index contributed by atoms with van der Waals surface area (Å²) in [5.74, 6) is -0.830. The Morgan fingerprint density at radius 3 is 2.24 bits per heavy atom. The molecule has 3 aromatic carbocycles. The predicted molar refractivity (Wildman–Crippen MR) is 150 cm³/mol. The highest BCUT2D eigenvalue weighted by Crippen LogP contribution is 2.39. The van der Waals surface area contributed by atoms with Crippen molar-refractivity contribution in [3.8, 4) is 5.75 Å². The van der Waals surface area contributed by atoms with Crippen molar-refractivity contribution in [2.24, 2.45) is 0 Å². The molecule has 0 radical (unpaired) electrons. The number of rotatable bonds is 9. The molecule has 0 spiro atoms. The van der Waals surface area contributed by atoms with Gasteiger partial charge >= 0.3 is 0 Å². The Kier molecular flexibility index (Phi) is 8.17. The van der Waals surface area contributed by atoms with Gasteiger partial charge in [-0.25, -0.2) is 0 Å². The predicted octanol–water partition coefficient (Wildman–Crippen LogP) is 4.62. The molecule has 0 unspecified atom stereocenters. The van der Waals surface area contributed by atoms with Gasteiger partial charge in [-0.3, -0.25) is 9.59 Å². The fourth-order valence-corrected chi connectivity index (χ4v) is 4.55. The van der Waals surface area contributed by atoms with Crippen LogP contribution in [0, 0.1) is 6.92 Å². The number of anilines is 1. The number of Topliss-reactive ketones (excluding diaryl/α,β-unsaturated/α-hetero) is 1. The molecule has 1 atom stereocenters. The van der Waals surface area contributed by atoms with Crippen LogP contribution in [0.3, 0.4) is 0 Å². The molecule has 1 fully saturated rings. The van der Waals surface area contributed by atoms with Crippen LogP contribution in [0.4, 0.5) is 5.69 Å². The molecule has 1 N–H and O–H groups in total. The first-order valence-corrected chi connectivity index (χ1v) is 12.6. The maximum Gasteiger partial charge on any atom is 0.295 e. The van der Waals surface area contributed by atoms with E-state index in [0.29, 0.717) is 31.0 Å². The van der Waals surface area contributed by atoms with Crippen molar-refractivity contribution in [1.29, 1.82) is 0 Å². The first-order chi connectivity index (χ1) is 18.2. The fraction of sp³-hybridized carbons (Fsp3) is 0.290. The lowest BCUT2D eigenvalue weighted by Gasteiger charge is -2.27. The number of ether oxygens (including phenoxy) is 1. The number of aryl methyl sites for hydroxylation is 1. The van der Waals surface area contributed by atoms with E-state index in [1.165, 1.54) is 5.56 Å². The molecule has 0 bridgehead atoms. The molecule has 0 saturated carbocycles. The van der Waals surface area contributed by atoms with E-state index in [2.05, 4.69) is 6.07 Å². The molecule has 4 rings (SSSR count). The lowest BCUT2D eigenvalue weighted by atomic mass is 9.95. The molecular formula is C31H35N3O4. The van der Waals surface area contributed by atoms with E-state index in [4.69, 9.17) is 4.74 Å². The topological polar surface area (TPSA) is 73.3 Å². The van der Waals surface area contributed by atoms with E-state index >= 15 is 0 Å². The Labute approximate surface area is 224 Å². The molecule has 0 aromatic heterocycles. The quantitative estimate of drug-likeness (QED) is 0.256. The van der Waals surface area contributed by atoms with Gasteiger partial charge in [-0.05, 0) is 68.5 Å². The summed E-state index contributed by atoms with van der Waals surface area (Å²) in [5, 5.41) is 11.3. The molecule has 198 valence electrons. The summed E-state index contributed by atoms with van der Waals surface area (Å²) in [4.78, 5) is 31.8. The van der Waals surface area contributed by atoms with E-state index < -0.39 is 17.7 Å². The summed E-state index contributed by atoms with van der Waals surface area (Å²) in [7, 11) is 7.74. The van der Waals surface area contributed by atoms with Crippen molar-refractivity contribution in [2.75, 3.05) is 46.2 Å². The van der Waals surface area contributed by atoms with E-state index in [0.717, 1.165) is 16.8 Å². The van der Waals surface area contributed by atoms with Gasteiger partial charge in [0.05, 0.1) is 11.6 Å². The van der Waals surface area contributed by atoms with E-state index in [-0.39, 0.29) is 11.3 Å². The second kappa shape index (κ2) is 11.5. The molecule has 3 aromatic rings. The fourth-order valence-electron chi connectivity index (χ4n) is 4.55. The average Bonchev–Trinajstić information content (AvgIpc) is 3.15. The Hall–Kier alpha value is -4.10. The summed E-state index contributed by atoms with van der Waals surface area (Å²) < 4.78 is 5.90. The monoisotopic (exact) mass is 513 g/mol. The standard InChI is InChI=1S/C31H35N3O4/c1-21-7-6-8-22(19-21)20-38-26-15-11-24(12-16-26)29(35)27-28(23-9-13-25(14-10-23)33(4)5)34(18-17-32(2)3)31(37)30(27)36/h6-16,19,28,35H,17-18,20H2,1-5H3/t28-/m0/s1.